The lowest BCUT2D eigenvalue weighted by molar-refractivity contribution is -0.133. The molecule has 0 bridgehead atoms. The van der Waals surface area contributed by atoms with Crippen molar-refractivity contribution in [3.8, 4) is 0 Å². The third kappa shape index (κ3) is 3.33. The molecule has 1 aromatic carbocycles. The summed E-state index contributed by atoms with van der Waals surface area (Å²) in [5.74, 6) is 0.262. The van der Waals surface area contributed by atoms with Gasteiger partial charge in [-0.2, -0.15) is 0 Å². The fourth-order valence-electron chi connectivity index (χ4n) is 2.46. The summed E-state index contributed by atoms with van der Waals surface area (Å²) in [4.78, 5) is 14.4. The second-order valence-corrected chi connectivity index (χ2v) is 4.89. The summed E-state index contributed by atoms with van der Waals surface area (Å²) in [5.41, 5.74) is 1.21. The first-order chi connectivity index (χ1) is 8.81. The Morgan fingerprint density at radius 1 is 1.39 bits per heavy atom. The fourth-order valence-corrected chi connectivity index (χ4v) is 2.46. The average molecular weight is 246 g/mol. The Hall–Kier alpha value is -1.35. The minimum absolute atomic E-state index is 0.0419. The lowest BCUT2D eigenvalue weighted by atomic mass is 10.1. The predicted octanol–water partition coefficient (Wildman–Crippen LogP) is 2.18. The van der Waals surface area contributed by atoms with Crippen molar-refractivity contribution < 1.29 is 4.79 Å². The largest absolute Gasteiger partial charge is 0.337 e. The second kappa shape index (κ2) is 6.55. The fraction of sp³-hybridized carbons (Fsp3) is 0.533. The lowest BCUT2D eigenvalue weighted by Crippen LogP contribution is -2.43. The summed E-state index contributed by atoms with van der Waals surface area (Å²) in [6.45, 7) is 4.66. The summed E-state index contributed by atoms with van der Waals surface area (Å²) >= 11 is 0. The molecule has 0 aromatic heterocycles. The molecule has 1 amide bonds. The highest BCUT2D eigenvalue weighted by Crippen LogP contribution is 2.12. The summed E-state index contributed by atoms with van der Waals surface area (Å²) in [5, 5.41) is 3.29. The van der Waals surface area contributed by atoms with Crippen molar-refractivity contribution in [3.63, 3.8) is 0 Å². The Kier molecular flexibility index (Phi) is 4.76. The third-order valence-corrected chi connectivity index (χ3v) is 3.38. The van der Waals surface area contributed by atoms with Crippen molar-refractivity contribution in [3.05, 3.63) is 35.9 Å². The number of rotatable bonds is 5. The maximum absolute atomic E-state index is 12.4. The van der Waals surface area contributed by atoms with Crippen molar-refractivity contribution in [1.82, 2.24) is 10.2 Å². The first kappa shape index (κ1) is 13.1. The molecule has 1 aromatic rings. The molecule has 1 aliphatic rings. The maximum Gasteiger partial charge on any atom is 0.240 e. The van der Waals surface area contributed by atoms with Gasteiger partial charge in [-0.3, -0.25) is 4.79 Å². The molecule has 3 nitrogen and oxygen atoms in total. The van der Waals surface area contributed by atoms with E-state index in [1.54, 1.807) is 0 Å². The number of carbonyl (C=O) groups is 1. The highest BCUT2D eigenvalue weighted by atomic mass is 16.2. The molecule has 1 heterocycles. The zero-order valence-corrected chi connectivity index (χ0v) is 11.1. The molecule has 0 radical (unpaired) electrons. The van der Waals surface area contributed by atoms with Gasteiger partial charge >= 0.3 is 0 Å². The van der Waals surface area contributed by atoms with E-state index < -0.39 is 0 Å². The number of nitrogens with zero attached hydrogens (tertiary/aromatic N) is 1. The molecule has 0 spiro atoms. The number of carbonyl (C=O) groups excluding carboxylic acids is 1. The highest BCUT2D eigenvalue weighted by molar-refractivity contribution is 5.82. The van der Waals surface area contributed by atoms with Crippen LogP contribution in [0.15, 0.2) is 30.3 Å². The van der Waals surface area contributed by atoms with Crippen LogP contribution in [0.4, 0.5) is 0 Å². The van der Waals surface area contributed by atoms with Crippen LogP contribution in [-0.4, -0.2) is 29.9 Å². The molecule has 98 valence electrons. The minimum atomic E-state index is 0.0419. The Morgan fingerprint density at radius 2 is 2.17 bits per heavy atom. The number of nitrogens with one attached hydrogen (secondary N) is 1. The normalized spacial score (nSPS) is 18.8. The molecule has 1 fully saturated rings. The molecule has 1 saturated heterocycles. The molecule has 0 unspecified atom stereocenters. The Balaban J connectivity index is 2.00. The lowest BCUT2D eigenvalue weighted by Gasteiger charge is -2.25. The van der Waals surface area contributed by atoms with Crippen LogP contribution in [0, 0.1) is 0 Å². The minimum Gasteiger partial charge on any atom is -0.337 e. The van der Waals surface area contributed by atoms with Crippen LogP contribution in [0.3, 0.4) is 0 Å². The van der Waals surface area contributed by atoms with Crippen molar-refractivity contribution in [2.24, 2.45) is 0 Å². The smallest absolute Gasteiger partial charge is 0.240 e. The number of hydrogen-bond donors (Lipinski definition) is 1. The number of amides is 1. The van der Waals surface area contributed by atoms with E-state index in [0.717, 1.165) is 38.9 Å². The molecular weight excluding hydrogens is 224 g/mol. The van der Waals surface area contributed by atoms with Crippen LogP contribution < -0.4 is 5.32 Å². The second-order valence-electron chi connectivity index (χ2n) is 4.89. The molecule has 18 heavy (non-hydrogen) atoms. The van der Waals surface area contributed by atoms with E-state index in [4.69, 9.17) is 0 Å². The van der Waals surface area contributed by atoms with Crippen LogP contribution >= 0.6 is 0 Å². The molecule has 1 aliphatic heterocycles. The monoisotopic (exact) mass is 246 g/mol. The third-order valence-electron chi connectivity index (χ3n) is 3.38. The van der Waals surface area contributed by atoms with Gasteiger partial charge in [0.2, 0.25) is 5.91 Å². The van der Waals surface area contributed by atoms with Crippen LogP contribution in [-0.2, 0) is 11.3 Å². The highest BCUT2D eigenvalue weighted by Gasteiger charge is 2.26. The molecular formula is C15H22N2O. The van der Waals surface area contributed by atoms with E-state index in [9.17, 15) is 4.79 Å². The maximum atomic E-state index is 12.4. The first-order valence-corrected chi connectivity index (χ1v) is 6.87. The van der Waals surface area contributed by atoms with Gasteiger partial charge in [-0.05, 0) is 31.4 Å². The molecule has 0 aliphatic carbocycles. The van der Waals surface area contributed by atoms with Gasteiger partial charge in [0.15, 0.2) is 0 Å². The van der Waals surface area contributed by atoms with Gasteiger partial charge in [-0.25, -0.2) is 0 Å². The Labute approximate surface area is 109 Å². The van der Waals surface area contributed by atoms with Crippen molar-refractivity contribution in [1.29, 1.82) is 0 Å². The molecule has 3 heteroatoms. The van der Waals surface area contributed by atoms with Gasteiger partial charge in [0, 0.05) is 13.1 Å². The van der Waals surface area contributed by atoms with Gasteiger partial charge in [0.05, 0.1) is 6.04 Å². The quantitative estimate of drug-likeness (QED) is 0.863. The summed E-state index contributed by atoms with van der Waals surface area (Å²) in [6, 6.07) is 10.3. The van der Waals surface area contributed by atoms with Crippen LogP contribution in [0.1, 0.15) is 31.7 Å². The van der Waals surface area contributed by atoms with Crippen molar-refractivity contribution in [2.75, 3.05) is 13.1 Å². The number of benzene rings is 1. The van der Waals surface area contributed by atoms with E-state index >= 15 is 0 Å². The summed E-state index contributed by atoms with van der Waals surface area (Å²) in [7, 11) is 0. The molecule has 1 N–H and O–H groups in total. The van der Waals surface area contributed by atoms with Crippen molar-refractivity contribution in [2.45, 2.75) is 38.8 Å². The zero-order chi connectivity index (χ0) is 12.8. The average Bonchev–Trinajstić information content (AvgIpc) is 2.92. The SMILES string of the molecule is CCCN(Cc1ccccc1)C(=O)[C@@H]1CCCN1. The molecule has 0 saturated carbocycles. The number of hydrogen-bond acceptors (Lipinski definition) is 2. The Bertz CT molecular complexity index is 371. The molecule has 2 rings (SSSR count). The van der Waals surface area contributed by atoms with E-state index in [0.29, 0.717) is 0 Å². The van der Waals surface area contributed by atoms with E-state index in [2.05, 4.69) is 24.4 Å². The van der Waals surface area contributed by atoms with E-state index in [1.807, 2.05) is 23.1 Å². The summed E-state index contributed by atoms with van der Waals surface area (Å²) in [6.07, 6.45) is 3.10. The van der Waals surface area contributed by atoms with E-state index in [-0.39, 0.29) is 11.9 Å². The van der Waals surface area contributed by atoms with Crippen LogP contribution in [0.2, 0.25) is 0 Å². The standard InChI is InChI=1S/C15H22N2O/c1-2-11-17(12-13-7-4-3-5-8-13)15(18)14-9-6-10-16-14/h3-5,7-8,14,16H,2,6,9-12H2,1H3/t14-/m0/s1. The molecule has 1 atom stereocenters. The van der Waals surface area contributed by atoms with Gasteiger partial charge in [-0.15, -0.1) is 0 Å². The predicted molar refractivity (Wildman–Crippen MR) is 73.2 cm³/mol. The van der Waals surface area contributed by atoms with Crippen LogP contribution in [0.5, 0.6) is 0 Å². The van der Waals surface area contributed by atoms with E-state index in [1.165, 1.54) is 5.56 Å². The Morgan fingerprint density at radius 3 is 2.78 bits per heavy atom. The van der Waals surface area contributed by atoms with Gasteiger partial charge in [0.25, 0.3) is 0 Å². The van der Waals surface area contributed by atoms with Crippen LogP contribution in [0.25, 0.3) is 0 Å². The van der Waals surface area contributed by atoms with Gasteiger partial charge < -0.3 is 10.2 Å². The van der Waals surface area contributed by atoms with Gasteiger partial charge in [0.1, 0.15) is 0 Å². The van der Waals surface area contributed by atoms with Crippen molar-refractivity contribution >= 4 is 5.91 Å². The zero-order valence-electron chi connectivity index (χ0n) is 11.1. The topological polar surface area (TPSA) is 32.3 Å². The van der Waals surface area contributed by atoms with Gasteiger partial charge in [-0.1, -0.05) is 37.3 Å². The summed E-state index contributed by atoms with van der Waals surface area (Å²) < 4.78 is 0. The first-order valence-electron chi connectivity index (χ1n) is 6.87.